The molecule has 1 saturated carbocycles. The lowest BCUT2D eigenvalue weighted by molar-refractivity contribution is 0.0917. The fourth-order valence-electron chi connectivity index (χ4n) is 1.71. The molecule has 1 aromatic heterocycles. The normalized spacial score (nSPS) is 15.3. The maximum atomic E-state index is 12.0. The molecule has 4 nitrogen and oxygen atoms in total. The first-order valence-corrected chi connectivity index (χ1v) is 5.81. The molecule has 0 spiro atoms. The van der Waals surface area contributed by atoms with E-state index in [2.05, 4.69) is 15.6 Å². The van der Waals surface area contributed by atoms with Gasteiger partial charge in [0, 0.05) is 18.8 Å². The van der Waals surface area contributed by atoms with Crippen LogP contribution in [0.3, 0.4) is 0 Å². The summed E-state index contributed by atoms with van der Waals surface area (Å²) < 4.78 is 0. The highest BCUT2D eigenvalue weighted by Crippen LogP contribution is 2.19. The lowest BCUT2D eigenvalue weighted by Crippen LogP contribution is -2.39. The van der Waals surface area contributed by atoms with Crippen LogP contribution < -0.4 is 10.6 Å². The SMILES string of the molecule is CCNc1ncccc1C(=O)NC1CCC1. The number of hydrogen-bond donors (Lipinski definition) is 2. The Kier molecular flexibility index (Phi) is 3.39. The number of amides is 1. The van der Waals surface area contributed by atoms with E-state index >= 15 is 0 Å². The first-order chi connectivity index (χ1) is 7.81. The lowest BCUT2D eigenvalue weighted by atomic mass is 9.93. The maximum absolute atomic E-state index is 12.0. The van der Waals surface area contributed by atoms with Gasteiger partial charge in [0.25, 0.3) is 5.91 Å². The van der Waals surface area contributed by atoms with Crippen molar-refractivity contribution in [3.05, 3.63) is 23.9 Å². The molecule has 0 radical (unpaired) electrons. The van der Waals surface area contributed by atoms with Gasteiger partial charge in [-0.15, -0.1) is 0 Å². The van der Waals surface area contributed by atoms with E-state index in [0.29, 0.717) is 17.4 Å². The van der Waals surface area contributed by atoms with Crippen molar-refractivity contribution in [2.24, 2.45) is 0 Å². The first kappa shape index (κ1) is 10.9. The van der Waals surface area contributed by atoms with Gasteiger partial charge >= 0.3 is 0 Å². The van der Waals surface area contributed by atoms with E-state index in [0.717, 1.165) is 19.4 Å². The van der Waals surface area contributed by atoms with E-state index in [4.69, 9.17) is 0 Å². The Hall–Kier alpha value is -1.58. The number of anilines is 1. The van der Waals surface area contributed by atoms with Crippen LogP contribution in [0, 0.1) is 0 Å². The van der Waals surface area contributed by atoms with Crippen molar-refractivity contribution >= 4 is 11.7 Å². The average molecular weight is 219 g/mol. The summed E-state index contributed by atoms with van der Waals surface area (Å²) in [7, 11) is 0. The number of aromatic nitrogens is 1. The predicted octanol–water partition coefficient (Wildman–Crippen LogP) is 1.80. The number of pyridine rings is 1. The number of hydrogen-bond acceptors (Lipinski definition) is 3. The molecule has 1 amide bonds. The van der Waals surface area contributed by atoms with Gasteiger partial charge < -0.3 is 10.6 Å². The molecule has 2 N–H and O–H groups in total. The monoisotopic (exact) mass is 219 g/mol. The van der Waals surface area contributed by atoms with Crippen molar-refractivity contribution in [3.8, 4) is 0 Å². The summed E-state index contributed by atoms with van der Waals surface area (Å²) in [5.74, 6) is 0.649. The van der Waals surface area contributed by atoms with Gasteiger partial charge in [0.1, 0.15) is 5.82 Å². The topological polar surface area (TPSA) is 54.0 Å². The smallest absolute Gasteiger partial charge is 0.255 e. The van der Waals surface area contributed by atoms with Crippen LogP contribution in [0.1, 0.15) is 36.5 Å². The van der Waals surface area contributed by atoms with E-state index in [9.17, 15) is 4.79 Å². The molecule has 0 bridgehead atoms. The Morgan fingerprint density at radius 2 is 2.38 bits per heavy atom. The van der Waals surface area contributed by atoms with Crippen LogP contribution in [0.2, 0.25) is 0 Å². The molecule has 1 heterocycles. The molecule has 0 aromatic carbocycles. The second-order valence-corrected chi connectivity index (χ2v) is 4.03. The van der Waals surface area contributed by atoms with Gasteiger partial charge in [-0.3, -0.25) is 4.79 Å². The Balaban J connectivity index is 2.08. The molecular weight excluding hydrogens is 202 g/mol. The second kappa shape index (κ2) is 4.96. The van der Waals surface area contributed by atoms with Gasteiger partial charge in [0.05, 0.1) is 5.56 Å². The Morgan fingerprint density at radius 1 is 1.56 bits per heavy atom. The third kappa shape index (κ3) is 2.32. The van der Waals surface area contributed by atoms with Crippen LogP contribution >= 0.6 is 0 Å². The number of carbonyl (C=O) groups is 1. The largest absolute Gasteiger partial charge is 0.370 e. The molecule has 1 fully saturated rings. The van der Waals surface area contributed by atoms with Gasteiger partial charge in [-0.05, 0) is 38.3 Å². The number of rotatable bonds is 4. The van der Waals surface area contributed by atoms with E-state index in [1.54, 1.807) is 18.3 Å². The van der Waals surface area contributed by atoms with Gasteiger partial charge in [0.2, 0.25) is 0 Å². The van der Waals surface area contributed by atoms with Crippen molar-refractivity contribution in [2.75, 3.05) is 11.9 Å². The zero-order valence-electron chi connectivity index (χ0n) is 9.49. The average Bonchev–Trinajstić information content (AvgIpc) is 2.24. The van der Waals surface area contributed by atoms with Crippen LogP contribution in [0.15, 0.2) is 18.3 Å². The standard InChI is InChI=1S/C12H17N3O/c1-2-13-11-10(7-4-8-14-11)12(16)15-9-5-3-6-9/h4,7-9H,2-3,5-6H2,1H3,(H,13,14)(H,15,16). The third-order valence-electron chi connectivity index (χ3n) is 2.84. The van der Waals surface area contributed by atoms with E-state index in [1.165, 1.54) is 6.42 Å². The molecular formula is C12H17N3O. The predicted molar refractivity (Wildman–Crippen MR) is 63.5 cm³/mol. The van der Waals surface area contributed by atoms with Crippen molar-refractivity contribution < 1.29 is 4.79 Å². The summed E-state index contributed by atoms with van der Waals surface area (Å²) in [6.45, 7) is 2.75. The Morgan fingerprint density at radius 3 is 3.00 bits per heavy atom. The molecule has 1 aliphatic carbocycles. The zero-order valence-corrected chi connectivity index (χ0v) is 9.49. The van der Waals surface area contributed by atoms with Crippen LogP contribution in [0.25, 0.3) is 0 Å². The van der Waals surface area contributed by atoms with Gasteiger partial charge in [-0.2, -0.15) is 0 Å². The van der Waals surface area contributed by atoms with Crippen LogP contribution in [0.4, 0.5) is 5.82 Å². The molecule has 4 heteroatoms. The van der Waals surface area contributed by atoms with E-state index in [1.807, 2.05) is 6.92 Å². The molecule has 0 atom stereocenters. The van der Waals surface area contributed by atoms with Gasteiger partial charge in [0.15, 0.2) is 0 Å². The molecule has 1 aromatic rings. The van der Waals surface area contributed by atoms with Crippen LogP contribution in [0.5, 0.6) is 0 Å². The van der Waals surface area contributed by atoms with Crippen molar-refractivity contribution in [1.29, 1.82) is 0 Å². The summed E-state index contributed by atoms with van der Waals surface area (Å²) in [6, 6.07) is 3.96. The summed E-state index contributed by atoms with van der Waals surface area (Å²) in [5.41, 5.74) is 0.635. The minimum atomic E-state index is -0.0197. The van der Waals surface area contributed by atoms with E-state index in [-0.39, 0.29) is 5.91 Å². The minimum absolute atomic E-state index is 0.0197. The summed E-state index contributed by atoms with van der Waals surface area (Å²) in [5, 5.41) is 6.11. The lowest BCUT2D eigenvalue weighted by Gasteiger charge is -2.26. The van der Waals surface area contributed by atoms with Crippen molar-refractivity contribution in [2.45, 2.75) is 32.2 Å². The molecule has 0 unspecified atom stereocenters. The molecule has 16 heavy (non-hydrogen) atoms. The molecule has 86 valence electrons. The fraction of sp³-hybridized carbons (Fsp3) is 0.500. The van der Waals surface area contributed by atoms with Crippen molar-refractivity contribution in [1.82, 2.24) is 10.3 Å². The second-order valence-electron chi connectivity index (χ2n) is 4.03. The first-order valence-electron chi connectivity index (χ1n) is 5.81. The Bertz CT molecular complexity index is 374. The molecule has 2 rings (SSSR count). The summed E-state index contributed by atoms with van der Waals surface area (Å²) >= 11 is 0. The zero-order chi connectivity index (χ0) is 11.4. The highest BCUT2D eigenvalue weighted by Gasteiger charge is 2.21. The number of nitrogens with one attached hydrogen (secondary N) is 2. The highest BCUT2D eigenvalue weighted by molar-refractivity contribution is 5.98. The van der Waals surface area contributed by atoms with E-state index < -0.39 is 0 Å². The number of carbonyl (C=O) groups excluding carboxylic acids is 1. The fourth-order valence-corrected chi connectivity index (χ4v) is 1.71. The number of nitrogens with zero attached hydrogens (tertiary/aromatic N) is 1. The summed E-state index contributed by atoms with van der Waals surface area (Å²) in [6.07, 6.45) is 5.11. The molecule has 0 aliphatic heterocycles. The maximum Gasteiger partial charge on any atom is 0.255 e. The third-order valence-corrected chi connectivity index (χ3v) is 2.84. The molecule has 0 saturated heterocycles. The van der Waals surface area contributed by atoms with Crippen molar-refractivity contribution in [3.63, 3.8) is 0 Å². The van der Waals surface area contributed by atoms with Crippen LogP contribution in [-0.2, 0) is 0 Å². The quantitative estimate of drug-likeness (QED) is 0.811. The van der Waals surface area contributed by atoms with Gasteiger partial charge in [-0.25, -0.2) is 4.98 Å². The highest BCUT2D eigenvalue weighted by atomic mass is 16.1. The van der Waals surface area contributed by atoms with Crippen LogP contribution in [-0.4, -0.2) is 23.5 Å². The van der Waals surface area contributed by atoms with Gasteiger partial charge in [-0.1, -0.05) is 0 Å². The molecule has 1 aliphatic rings. The Labute approximate surface area is 95.5 Å². The minimum Gasteiger partial charge on any atom is -0.370 e. The summed E-state index contributed by atoms with van der Waals surface area (Å²) in [4.78, 5) is 16.1.